The number of aryl methyl sites for hydroxylation is 1. The molecule has 32 heavy (non-hydrogen) atoms. The van der Waals surface area contributed by atoms with E-state index in [2.05, 4.69) is 25.5 Å². The van der Waals surface area contributed by atoms with Gasteiger partial charge in [0, 0.05) is 11.6 Å². The summed E-state index contributed by atoms with van der Waals surface area (Å²) in [5, 5.41) is 11.7. The van der Waals surface area contributed by atoms with Crippen LogP contribution in [0.3, 0.4) is 0 Å². The van der Waals surface area contributed by atoms with Crippen molar-refractivity contribution in [1.82, 2.24) is 29.5 Å². The van der Waals surface area contributed by atoms with E-state index in [1.165, 1.54) is 35.1 Å². The second-order valence-electron chi connectivity index (χ2n) is 7.06. The number of carbonyl (C=O) groups is 1. The summed E-state index contributed by atoms with van der Waals surface area (Å²) in [4.78, 5) is 32.6. The number of aromatic amines is 1. The van der Waals surface area contributed by atoms with Crippen molar-refractivity contribution in [2.45, 2.75) is 6.92 Å². The van der Waals surface area contributed by atoms with Crippen molar-refractivity contribution in [2.24, 2.45) is 0 Å². The second-order valence-corrected chi connectivity index (χ2v) is 7.06. The number of H-pyrrole nitrogens is 1. The van der Waals surface area contributed by atoms with Crippen LogP contribution < -0.4 is 10.9 Å². The van der Waals surface area contributed by atoms with Crippen LogP contribution >= 0.6 is 0 Å². The summed E-state index contributed by atoms with van der Waals surface area (Å²) in [6, 6.07) is 16.1. The molecule has 0 bridgehead atoms. The number of amides is 1. The maximum atomic E-state index is 13.2. The van der Waals surface area contributed by atoms with E-state index in [4.69, 9.17) is 0 Å². The zero-order valence-electron chi connectivity index (χ0n) is 16.8. The standard InChI is InChI=1S/C22H16FN7O2/c1-13-11-18(25-20(31)14-7-9-15(23)10-8-14)30(28-13)22-26-19-17(21(32)27-22)12-24-29(19)16-5-3-2-4-6-16/h2-12H,1H3,(H,25,31)(H,26,27,32). The lowest BCUT2D eigenvalue weighted by molar-refractivity contribution is 0.102. The Morgan fingerprint density at radius 3 is 2.56 bits per heavy atom. The number of benzene rings is 2. The molecule has 5 rings (SSSR count). The highest BCUT2D eigenvalue weighted by molar-refractivity contribution is 6.03. The monoisotopic (exact) mass is 429 g/mol. The fourth-order valence-electron chi connectivity index (χ4n) is 3.31. The van der Waals surface area contributed by atoms with Gasteiger partial charge in [0.05, 0.1) is 17.6 Å². The molecule has 1 amide bonds. The van der Waals surface area contributed by atoms with Crippen LogP contribution in [-0.2, 0) is 0 Å². The van der Waals surface area contributed by atoms with Crippen LogP contribution in [0.25, 0.3) is 22.7 Å². The van der Waals surface area contributed by atoms with Crippen molar-refractivity contribution in [2.75, 3.05) is 5.32 Å². The number of nitrogens with zero attached hydrogens (tertiary/aromatic N) is 5. The van der Waals surface area contributed by atoms with Gasteiger partial charge < -0.3 is 5.32 Å². The average molecular weight is 429 g/mol. The van der Waals surface area contributed by atoms with Gasteiger partial charge in [0.2, 0.25) is 5.95 Å². The number of fused-ring (bicyclic) bond motifs is 1. The smallest absolute Gasteiger partial charge is 0.263 e. The molecule has 2 aromatic carbocycles. The minimum absolute atomic E-state index is 0.114. The van der Waals surface area contributed by atoms with Gasteiger partial charge in [-0.1, -0.05) is 18.2 Å². The van der Waals surface area contributed by atoms with E-state index >= 15 is 0 Å². The maximum absolute atomic E-state index is 13.2. The van der Waals surface area contributed by atoms with Crippen molar-refractivity contribution < 1.29 is 9.18 Å². The Morgan fingerprint density at radius 2 is 1.81 bits per heavy atom. The van der Waals surface area contributed by atoms with Gasteiger partial charge in [-0.25, -0.2) is 9.07 Å². The second kappa shape index (κ2) is 7.58. The molecule has 0 aliphatic heterocycles. The molecular formula is C22H16FN7O2. The molecule has 0 saturated carbocycles. The highest BCUT2D eigenvalue weighted by atomic mass is 19.1. The predicted octanol–water partition coefficient (Wildman–Crippen LogP) is 2.99. The molecule has 0 atom stereocenters. The third-order valence-corrected chi connectivity index (χ3v) is 4.81. The van der Waals surface area contributed by atoms with E-state index in [1.807, 2.05) is 30.3 Å². The molecule has 158 valence electrons. The molecule has 0 aliphatic carbocycles. The van der Waals surface area contributed by atoms with Gasteiger partial charge in [0.1, 0.15) is 17.0 Å². The number of hydrogen-bond acceptors (Lipinski definition) is 5. The summed E-state index contributed by atoms with van der Waals surface area (Å²) in [5.74, 6) is -0.482. The summed E-state index contributed by atoms with van der Waals surface area (Å²) in [6.45, 7) is 1.74. The van der Waals surface area contributed by atoms with Crippen LogP contribution in [0.1, 0.15) is 16.1 Å². The highest BCUT2D eigenvalue weighted by Gasteiger charge is 2.17. The van der Waals surface area contributed by atoms with Gasteiger partial charge in [0.15, 0.2) is 5.65 Å². The lowest BCUT2D eigenvalue weighted by Gasteiger charge is -2.09. The Hall–Kier alpha value is -4.60. The summed E-state index contributed by atoms with van der Waals surface area (Å²) < 4.78 is 16.1. The molecule has 0 unspecified atom stereocenters. The van der Waals surface area contributed by atoms with Crippen molar-refractivity contribution in [3.05, 3.63) is 94.3 Å². The fraction of sp³-hybridized carbons (Fsp3) is 0.0455. The summed E-state index contributed by atoms with van der Waals surface area (Å²) in [6.07, 6.45) is 1.45. The quantitative estimate of drug-likeness (QED) is 0.456. The molecule has 0 fully saturated rings. The van der Waals surface area contributed by atoms with Crippen LogP contribution in [0, 0.1) is 12.7 Å². The molecule has 5 aromatic rings. The Kier molecular flexibility index (Phi) is 4.59. The lowest BCUT2D eigenvalue weighted by atomic mass is 10.2. The van der Waals surface area contributed by atoms with Crippen LogP contribution in [0.15, 0.2) is 71.7 Å². The molecule has 2 N–H and O–H groups in total. The normalized spacial score (nSPS) is 11.1. The Bertz CT molecular complexity index is 1500. The predicted molar refractivity (Wildman–Crippen MR) is 116 cm³/mol. The average Bonchev–Trinajstić information content (AvgIpc) is 3.38. The first-order valence-corrected chi connectivity index (χ1v) is 9.67. The third kappa shape index (κ3) is 3.43. The largest absolute Gasteiger partial charge is 0.306 e. The van der Waals surface area contributed by atoms with E-state index in [9.17, 15) is 14.0 Å². The van der Waals surface area contributed by atoms with Crippen molar-refractivity contribution in [3.63, 3.8) is 0 Å². The van der Waals surface area contributed by atoms with Gasteiger partial charge in [-0.05, 0) is 43.3 Å². The number of para-hydroxylation sites is 1. The first-order valence-electron chi connectivity index (χ1n) is 9.67. The molecule has 0 radical (unpaired) electrons. The number of halogens is 1. The van der Waals surface area contributed by atoms with Gasteiger partial charge in [0.25, 0.3) is 11.5 Å². The van der Waals surface area contributed by atoms with E-state index in [0.717, 1.165) is 5.69 Å². The van der Waals surface area contributed by atoms with E-state index < -0.39 is 17.3 Å². The topological polar surface area (TPSA) is 110 Å². The first-order chi connectivity index (χ1) is 15.5. The van der Waals surface area contributed by atoms with Crippen molar-refractivity contribution in [3.8, 4) is 11.6 Å². The number of anilines is 1. The first kappa shape index (κ1) is 19.4. The number of aromatic nitrogens is 6. The van der Waals surface area contributed by atoms with Crippen LogP contribution in [0.4, 0.5) is 10.2 Å². The van der Waals surface area contributed by atoms with Crippen molar-refractivity contribution >= 4 is 22.8 Å². The zero-order chi connectivity index (χ0) is 22.2. The lowest BCUT2D eigenvalue weighted by Crippen LogP contribution is -2.19. The van der Waals surface area contributed by atoms with E-state index in [-0.39, 0.29) is 11.5 Å². The molecule has 10 heteroatoms. The SMILES string of the molecule is Cc1cc(NC(=O)c2ccc(F)cc2)n(-c2nc3c(cnn3-c3ccccc3)c(=O)[nH]2)n1. The Labute approximate surface area is 180 Å². The summed E-state index contributed by atoms with van der Waals surface area (Å²) >= 11 is 0. The number of nitrogens with one attached hydrogen (secondary N) is 2. The van der Waals surface area contributed by atoms with E-state index in [1.54, 1.807) is 17.7 Å². The number of rotatable bonds is 4. The highest BCUT2D eigenvalue weighted by Crippen LogP contribution is 2.18. The van der Waals surface area contributed by atoms with Gasteiger partial charge in [-0.2, -0.15) is 19.9 Å². The third-order valence-electron chi connectivity index (χ3n) is 4.81. The molecular weight excluding hydrogens is 413 g/mol. The molecule has 3 aromatic heterocycles. The van der Waals surface area contributed by atoms with Gasteiger partial charge in [-0.15, -0.1) is 0 Å². The number of carbonyl (C=O) groups excluding carboxylic acids is 1. The fourth-order valence-corrected chi connectivity index (χ4v) is 3.31. The Morgan fingerprint density at radius 1 is 1.06 bits per heavy atom. The van der Waals surface area contributed by atoms with E-state index in [0.29, 0.717) is 22.5 Å². The summed E-state index contributed by atoms with van der Waals surface area (Å²) in [7, 11) is 0. The van der Waals surface area contributed by atoms with Crippen LogP contribution in [0.2, 0.25) is 0 Å². The zero-order valence-corrected chi connectivity index (χ0v) is 16.8. The molecule has 0 saturated heterocycles. The molecule has 3 heterocycles. The molecule has 9 nitrogen and oxygen atoms in total. The maximum Gasteiger partial charge on any atom is 0.263 e. The number of hydrogen-bond donors (Lipinski definition) is 2. The Balaban J connectivity index is 1.58. The minimum Gasteiger partial charge on any atom is -0.306 e. The summed E-state index contributed by atoms with van der Waals surface area (Å²) in [5.41, 5.74) is 1.57. The van der Waals surface area contributed by atoms with Gasteiger partial charge >= 0.3 is 0 Å². The van der Waals surface area contributed by atoms with Crippen LogP contribution in [-0.4, -0.2) is 35.4 Å². The minimum atomic E-state index is -0.455. The molecule has 0 aliphatic rings. The molecule has 0 spiro atoms. The van der Waals surface area contributed by atoms with Gasteiger partial charge in [-0.3, -0.25) is 14.6 Å². The van der Waals surface area contributed by atoms with Crippen LogP contribution in [0.5, 0.6) is 0 Å². The van der Waals surface area contributed by atoms with Crippen molar-refractivity contribution in [1.29, 1.82) is 0 Å².